The van der Waals surface area contributed by atoms with Gasteiger partial charge in [0.15, 0.2) is 5.89 Å². The van der Waals surface area contributed by atoms with Crippen molar-refractivity contribution in [3.8, 4) is 11.3 Å². The quantitative estimate of drug-likeness (QED) is 0.455. The summed E-state index contributed by atoms with van der Waals surface area (Å²) in [6.45, 7) is 4.01. The van der Waals surface area contributed by atoms with Crippen LogP contribution in [0.25, 0.3) is 11.3 Å². The highest BCUT2D eigenvalue weighted by Gasteiger charge is 2.30. The number of hydrogen-bond acceptors (Lipinski definition) is 6. The molecule has 1 fully saturated rings. The van der Waals surface area contributed by atoms with Crippen LogP contribution in [0, 0.1) is 0 Å². The van der Waals surface area contributed by atoms with Crippen LogP contribution in [0.1, 0.15) is 53.5 Å². The van der Waals surface area contributed by atoms with Crippen LogP contribution in [-0.4, -0.2) is 43.8 Å². The van der Waals surface area contributed by atoms with E-state index in [1.54, 1.807) is 23.4 Å². The van der Waals surface area contributed by atoms with E-state index in [1.807, 2.05) is 36.0 Å². The summed E-state index contributed by atoms with van der Waals surface area (Å²) in [6, 6.07) is 11.9. The van der Waals surface area contributed by atoms with Crippen molar-refractivity contribution >= 4 is 5.91 Å². The van der Waals surface area contributed by atoms with Gasteiger partial charge < -0.3 is 13.8 Å². The van der Waals surface area contributed by atoms with Crippen LogP contribution in [0.15, 0.2) is 63.9 Å². The van der Waals surface area contributed by atoms with Gasteiger partial charge in [0.25, 0.3) is 5.91 Å². The van der Waals surface area contributed by atoms with Gasteiger partial charge in [-0.25, -0.2) is 4.98 Å². The largest absolute Gasteiger partial charge is 0.445 e. The van der Waals surface area contributed by atoms with Crippen molar-refractivity contribution in [2.75, 3.05) is 13.1 Å². The molecule has 4 aromatic rings. The maximum atomic E-state index is 13.0. The Morgan fingerprint density at radius 1 is 1.22 bits per heavy atom. The number of likely N-dealkylation sites (tertiary alicyclic amines) is 1. The van der Waals surface area contributed by atoms with Crippen LogP contribution in [0.3, 0.4) is 0 Å². The molecule has 0 spiro atoms. The van der Waals surface area contributed by atoms with Gasteiger partial charge in [-0.1, -0.05) is 35.5 Å². The van der Waals surface area contributed by atoms with Crippen LogP contribution in [0.5, 0.6) is 0 Å². The second-order valence-corrected chi connectivity index (χ2v) is 8.08. The van der Waals surface area contributed by atoms with Gasteiger partial charge in [0.05, 0.1) is 18.3 Å². The van der Waals surface area contributed by atoms with Crippen LogP contribution in [-0.2, 0) is 13.0 Å². The van der Waals surface area contributed by atoms with E-state index in [1.165, 1.54) is 5.56 Å². The highest BCUT2D eigenvalue weighted by atomic mass is 16.5. The van der Waals surface area contributed by atoms with Gasteiger partial charge in [-0.05, 0) is 25.3 Å². The highest BCUT2D eigenvalue weighted by molar-refractivity contribution is 5.92. The van der Waals surface area contributed by atoms with Gasteiger partial charge in [0.1, 0.15) is 11.5 Å². The topological polar surface area (TPSA) is 90.2 Å². The first-order valence-electron chi connectivity index (χ1n) is 11.0. The van der Waals surface area contributed by atoms with Crippen molar-refractivity contribution < 1.29 is 13.7 Å². The number of oxazole rings is 1. The minimum absolute atomic E-state index is 0.0717. The summed E-state index contributed by atoms with van der Waals surface area (Å²) in [5.74, 6) is 1.68. The van der Waals surface area contributed by atoms with Crippen LogP contribution in [0.2, 0.25) is 0 Å². The molecule has 1 amide bonds. The van der Waals surface area contributed by atoms with E-state index in [2.05, 4.69) is 27.4 Å². The Hall–Kier alpha value is -3.68. The number of hydrogen-bond donors (Lipinski definition) is 0. The van der Waals surface area contributed by atoms with E-state index in [0.717, 1.165) is 30.7 Å². The maximum Gasteiger partial charge on any atom is 0.292 e. The lowest BCUT2D eigenvalue weighted by atomic mass is 9.98. The smallest absolute Gasteiger partial charge is 0.292 e. The molecular weight excluding hydrogens is 406 g/mol. The van der Waals surface area contributed by atoms with E-state index in [-0.39, 0.29) is 17.6 Å². The summed E-state index contributed by atoms with van der Waals surface area (Å²) in [5, 5.41) is 8.31. The number of rotatable bonds is 6. The minimum atomic E-state index is -0.160. The number of carbonyl (C=O) groups is 1. The molecule has 1 atom stereocenters. The second-order valence-electron chi connectivity index (χ2n) is 8.08. The van der Waals surface area contributed by atoms with Gasteiger partial charge >= 0.3 is 0 Å². The van der Waals surface area contributed by atoms with Crippen molar-refractivity contribution in [3.05, 3.63) is 78.0 Å². The van der Waals surface area contributed by atoms with Gasteiger partial charge in [0.2, 0.25) is 5.76 Å². The Bertz CT molecular complexity index is 1190. The molecule has 1 saturated heterocycles. The summed E-state index contributed by atoms with van der Waals surface area (Å²) in [7, 11) is 0. The Balaban J connectivity index is 1.25. The number of aromatic nitrogens is 4. The predicted octanol–water partition coefficient (Wildman–Crippen LogP) is 4.16. The SMILES string of the molecule is CCn1cc(-c2cc(C(=O)N3CCCC(c4ncc(Cc5ccccc5)o4)C3)on2)cn1. The number of carbonyl (C=O) groups excluding carboxylic acids is 1. The molecule has 164 valence electrons. The van der Waals surface area contributed by atoms with Crippen LogP contribution < -0.4 is 0 Å². The Labute approximate surface area is 185 Å². The Morgan fingerprint density at radius 3 is 2.91 bits per heavy atom. The van der Waals surface area contributed by atoms with Crippen molar-refractivity contribution in [2.24, 2.45) is 0 Å². The molecule has 1 aliphatic rings. The first-order valence-corrected chi connectivity index (χ1v) is 11.0. The molecule has 5 rings (SSSR count). The molecule has 0 radical (unpaired) electrons. The molecule has 1 aliphatic heterocycles. The van der Waals surface area contributed by atoms with Gasteiger partial charge in [-0.2, -0.15) is 5.10 Å². The Morgan fingerprint density at radius 2 is 2.09 bits per heavy atom. The first-order chi connectivity index (χ1) is 15.7. The lowest BCUT2D eigenvalue weighted by Gasteiger charge is -2.30. The molecule has 4 heterocycles. The van der Waals surface area contributed by atoms with Crippen molar-refractivity contribution in [3.63, 3.8) is 0 Å². The third-order valence-corrected chi connectivity index (χ3v) is 5.82. The number of piperidine rings is 1. The van der Waals surface area contributed by atoms with E-state index in [4.69, 9.17) is 8.94 Å². The summed E-state index contributed by atoms with van der Waals surface area (Å²) in [5.41, 5.74) is 2.62. The maximum absolute atomic E-state index is 13.0. The normalized spacial score (nSPS) is 16.4. The molecule has 1 aromatic carbocycles. The van der Waals surface area contributed by atoms with Gasteiger partial charge in [-0.3, -0.25) is 9.48 Å². The second kappa shape index (κ2) is 8.82. The third kappa shape index (κ3) is 4.21. The molecule has 0 saturated carbocycles. The zero-order chi connectivity index (χ0) is 21.9. The molecule has 32 heavy (non-hydrogen) atoms. The van der Waals surface area contributed by atoms with Gasteiger partial charge in [-0.15, -0.1) is 0 Å². The summed E-state index contributed by atoms with van der Waals surface area (Å²) in [4.78, 5) is 19.4. The van der Waals surface area contributed by atoms with Crippen molar-refractivity contribution in [2.45, 2.75) is 38.6 Å². The fraction of sp³-hybridized carbons (Fsp3) is 0.333. The molecule has 8 heteroatoms. The fourth-order valence-electron chi connectivity index (χ4n) is 4.09. The number of amides is 1. The average molecular weight is 431 g/mol. The highest BCUT2D eigenvalue weighted by Crippen LogP contribution is 2.29. The molecule has 8 nitrogen and oxygen atoms in total. The molecule has 1 unspecified atom stereocenters. The number of aryl methyl sites for hydroxylation is 1. The van der Waals surface area contributed by atoms with Crippen LogP contribution >= 0.6 is 0 Å². The van der Waals surface area contributed by atoms with Gasteiger partial charge in [0, 0.05) is 43.9 Å². The lowest BCUT2D eigenvalue weighted by Crippen LogP contribution is -2.39. The predicted molar refractivity (Wildman–Crippen MR) is 117 cm³/mol. The number of benzene rings is 1. The Kier molecular flexibility index (Phi) is 5.58. The molecule has 0 N–H and O–H groups in total. The minimum Gasteiger partial charge on any atom is -0.445 e. The van der Waals surface area contributed by atoms with Crippen molar-refractivity contribution in [1.29, 1.82) is 0 Å². The molecule has 0 aliphatic carbocycles. The summed E-state index contributed by atoms with van der Waals surface area (Å²) >= 11 is 0. The molecular formula is C24H25N5O3. The standard InChI is InChI=1S/C24H25N5O3/c1-2-29-16-19(13-26-29)21-12-22(32-27-21)24(30)28-10-6-9-18(15-28)23-25-14-20(31-23)11-17-7-4-3-5-8-17/h3-5,7-8,12-14,16,18H,2,6,9-11,15H2,1H3. The third-order valence-electron chi connectivity index (χ3n) is 5.82. The average Bonchev–Trinajstić information content (AvgIpc) is 3.59. The van der Waals surface area contributed by atoms with E-state index >= 15 is 0 Å². The summed E-state index contributed by atoms with van der Waals surface area (Å²) in [6.07, 6.45) is 7.94. The van der Waals surface area contributed by atoms with Crippen LogP contribution in [0.4, 0.5) is 0 Å². The number of nitrogens with zero attached hydrogens (tertiary/aromatic N) is 5. The molecule has 3 aromatic heterocycles. The van der Waals surface area contributed by atoms with E-state index in [0.29, 0.717) is 31.1 Å². The fourth-order valence-corrected chi connectivity index (χ4v) is 4.09. The first kappa shape index (κ1) is 20.2. The van der Waals surface area contributed by atoms with E-state index in [9.17, 15) is 4.79 Å². The molecule has 0 bridgehead atoms. The van der Waals surface area contributed by atoms with E-state index < -0.39 is 0 Å². The summed E-state index contributed by atoms with van der Waals surface area (Å²) < 4.78 is 13.2. The van der Waals surface area contributed by atoms with Crippen molar-refractivity contribution in [1.82, 2.24) is 24.8 Å². The zero-order valence-corrected chi connectivity index (χ0v) is 18.0. The zero-order valence-electron chi connectivity index (χ0n) is 18.0. The monoisotopic (exact) mass is 431 g/mol. The lowest BCUT2D eigenvalue weighted by molar-refractivity contribution is 0.0656.